The Kier molecular flexibility index (Phi) is 6.88. The highest BCUT2D eigenvalue weighted by atomic mass is 35.5. The summed E-state index contributed by atoms with van der Waals surface area (Å²) in [6, 6.07) is 7.00. The van der Waals surface area contributed by atoms with Gasteiger partial charge in [-0.2, -0.15) is 0 Å². The van der Waals surface area contributed by atoms with Crippen molar-refractivity contribution >= 4 is 57.8 Å². The third kappa shape index (κ3) is 5.21. The summed E-state index contributed by atoms with van der Waals surface area (Å²) < 4.78 is 0. The standard InChI is InChI=1S/C19H18ClN3O3S2/c1-2-17-22-14(11-27-17)10-16(24)21-7-8-23-18(25)15(28-19(23)26)9-12-3-5-13(20)6-4-12/h3-6,9,11H,2,7-8,10H2,1H3,(H,21,24)/b15-9+. The fourth-order valence-electron chi connectivity index (χ4n) is 2.53. The van der Waals surface area contributed by atoms with Gasteiger partial charge in [0.2, 0.25) is 5.91 Å². The Labute approximate surface area is 176 Å². The number of halogens is 1. The van der Waals surface area contributed by atoms with E-state index >= 15 is 0 Å². The molecule has 3 amide bonds. The van der Waals surface area contributed by atoms with E-state index in [-0.39, 0.29) is 36.6 Å². The van der Waals surface area contributed by atoms with Gasteiger partial charge in [0.1, 0.15) is 0 Å². The number of hydrogen-bond donors (Lipinski definition) is 1. The van der Waals surface area contributed by atoms with Crippen LogP contribution in [0.5, 0.6) is 0 Å². The van der Waals surface area contributed by atoms with Gasteiger partial charge in [0.25, 0.3) is 11.1 Å². The number of thioether (sulfide) groups is 1. The summed E-state index contributed by atoms with van der Waals surface area (Å²) in [5.41, 5.74) is 1.52. The van der Waals surface area contributed by atoms with Gasteiger partial charge in [0, 0.05) is 23.5 Å². The minimum Gasteiger partial charge on any atom is -0.354 e. The fourth-order valence-corrected chi connectivity index (χ4v) is 4.27. The first-order valence-corrected chi connectivity index (χ1v) is 10.7. The van der Waals surface area contributed by atoms with Crippen LogP contribution in [0.3, 0.4) is 0 Å². The van der Waals surface area contributed by atoms with Crippen LogP contribution in [-0.4, -0.2) is 40.0 Å². The van der Waals surface area contributed by atoms with E-state index < -0.39 is 0 Å². The minimum atomic E-state index is -0.355. The van der Waals surface area contributed by atoms with E-state index in [1.807, 2.05) is 12.3 Å². The molecule has 1 aliphatic heterocycles. The van der Waals surface area contributed by atoms with Gasteiger partial charge < -0.3 is 5.32 Å². The molecule has 0 atom stereocenters. The topological polar surface area (TPSA) is 79.4 Å². The van der Waals surface area contributed by atoms with Crippen LogP contribution in [-0.2, 0) is 22.4 Å². The van der Waals surface area contributed by atoms with Crippen molar-refractivity contribution in [2.24, 2.45) is 0 Å². The second-order valence-corrected chi connectivity index (χ2v) is 8.37. The van der Waals surface area contributed by atoms with Crippen LogP contribution in [0.25, 0.3) is 6.08 Å². The molecule has 0 bridgehead atoms. The smallest absolute Gasteiger partial charge is 0.293 e. The van der Waals surface area contributed by atoms with Gasteiger partial charge in [-0.15, -0.1) is 11.3 Å². The molecule has 0 spiro atoms. The maximum Gasteiger partial charge on any atom is 0.293 e. The Morgan fingerprint density at radius 3 is 2.71 bits per heavy atom. The van der Waals surface area contributed by atoms with Crippen molar-refractivity contribution < 1.29 is 14.4 Å². The number of hydrogen-bond acceptors (Lipinski definition) is 6. The summed E-state index contributed by atoms with van der Waals surface area (Å²) >= 11 is 8.28. The number of aryl methyl sites for hydroxylation is 1. The second kappa shape index (κ2) is 9.36. The lowest BCUT2D eigenvalue weighted by Gasteiger charge is -2.12. The van der Waals surface area contributed by atoms with Gasteiger partial charge in [-0.25, -0.2) is 4.98 Å². The first-order valence-electron chi connectivity index (χ1n) is 8.67. The van der Waals surface area contributed by atoms with Gasteiger partial charge in [0.15, 0.2) is 0 Å². The van der Waals surface area contributed by atoms with E-state index in [4.69, 9.17) is 11.6 Å². The molecule has 2 heterocycles. The lowest BCUT2D eigenvalue weighted by atomic mass is 10.2. The SMILES string of the molecule is CCc1nc(CC(=O)NCCN2C(=O)S/C(=C/c3ccc(Cl)cc3)C2=O)cs1. The van der Waals surface area contributed by atoms with Crippen LogP contribution >= 0.6 is 34.7 Å². The van der Waals surface area contributed by atoms with E-state index in [0.29, 0.717) is 9.93 Å². The number of imide groups is 1. The van der Waals surface area contributed by atoms with Crippen LogP contribution in [0.2, 0.25) is 5.02 Å². The van der Waals surface area contributed by atoms with Crippen molar-refractivity contribution in [1.82, 2.24) is 15.2 Å². The van der Waals surface area contributed by atoms with E-state index in [9.17, 15) is 14.4 Å². The maximum absolute atomic E-state index is 12.5. The highest BCUT2D eigenvalue weighted by Crippen LogP contribution is 2.32. The van der Waals surface area contributed by atoms with Crippen molar-refractivity contribution in [3.63, 3.8) is 0 Å². The lowest BCUT2D eigenvalue weighted by molar-refractivity contribution is -0.124. The number of aromatic nitrogens is 1. The molecule has 6 nitrogen and oxygen atoms in total. The number of carbonyl (C=O) groups excluding carboxylic acids is 3. The normalized spacial score (nSPS) is 15.5. The molecule has 1 aromatic heterocycles. The average molecular weight is 436 g/mol. The molecule has 2 aromatic rings. The predicted octanol–water partition coefficient (Wildman–Crippen LogP) is 3.75. The Bertz CT molecular complexity index is 925. The maximum atomic E-state index is 12.5. The van der Waals surface area contributed by atoms with Crippen molar-refractivity contribution in [3.8, 4) is 0 Å². The highest BCUT2D eigenvalue weighted by molar-refractivity contribution is 8.18. The van der Waals surface area contributed by atoms with Crippen molar-refractivity contribution in [2.45, 2.75) is 19.8 Å². The Hall–Kier alpha value is -2.16. The molecule has 3 rings (SSSR count). The third-order valence-electron chi connectivity index (χ3n) is 3.94. The Morgan fingerprint density at radius 1 is 1.29 bits per heavy atom. The number of carbonyl (C=O) groups is 3. The van der Waals surface area contributed by atoms with Crippen LogP contribution in [0, 0.1) is 0 Å². The molecule has 0 radical (unpaired) electrons. The molecule has 1 aliphatic rings. The summed E-state index contributed by atoms with van der Waals surface area (Å²) in [4.78, 5) is 42.5. The number of rotatable bonds is 7. The van der Waals surface area contributed by atoms with Gasteiger partial charge in [-0.1, -0.05) is 30.7 Å². The molecule has 0 saturated carbocycles. The van der Waals surface area contributed by atoms with Crippen LogP contribution in [0.4, 0.5) is 4.79 Å². The molecule has 0 aliphatic carbocycles. The molecule has 1 aromatic carbocycles. The minimum absolute atomic E-state index is 0.131. The number of amides is 3. The molecule has 9 heteroatoms. The van der Waals surface area contributed by atoms with Crippen LogP contribution in [0.15, 0.2) is 34.6 Å². The zero-order valence-corrected chi connectivity index (χ0v) is 17.5. The molecule has 28 heavy (non-hydrogen) atoms. The van der Waals surface area contributed by atoms with Gasteiger partial charge in [-0.05, 0) is 42.0 Å². The molecule has 1 fully saturated rings. The van der Waals surface area contributed by atoms with Crippen molar-refractivity contribution in [2.75, 3.05) is 13.1 Å². The molecule has 0 unspecified atom stereocenters. The number of nitrogens with zero attached hydrogens (tertiary/aromatic N) is 2. The van der Waals surface area contributed by atoms with Crippen molar-refractivity contribution in [3.05, 3.63) is 55.8 Å². The van der Waals surface area contributed by atoms with E-state index in [0.717, 1.165) is 39.3 Å². The summed E-state index contributed by atoms with van der Waals surface area (Å²) in [6.07, 6.45) is 2.69. The summed E-state index contributed by atoms with van der Waals surface area (Å²) in [5.74, 6) is -0.539. The predicted molar refractivity (Wildman–Crippen MR) is 112 cm³/mol. The molecular weight excluding hydrogens is 418 g/mol. The number of benzene rings is 1. The Balaban J connectivity index is 1.51. The molecule has 1 saturated heterocycles. The van der Waals surface area contributed by atoms with Gasteiger partial charge in [-0.3, -0.25) is 19.3 Å². The molecule has 146 valence electrons. The number of nitrogens with one attached hydrogen (secondary N) is 1. The Morgan fingerprint density at radius 2 is 2.04 bits per heavy atom. The van der Waals surface area contributed by atoms with Crippen molar-refractivity contribution in [1.29, 1.82) is 0 Å². The van der Waals surface area contributed by atoms with Crippen LogP contribution in [0.1, 0.15) is 23.2 Å². The first-order chi connectivity index (χ1) is 13.5. The quantitative estimate of drug-likeness (QED) is 0.670. The largest absolute Gasteiger partial charge is 0.354 e. The molecule has 1 N–H and O–H groups in total. The van der Waals surface area contributed by atoms with E-state index in [2.05, 4.69) is 10.3 Å². The van der Waals surface area contributed by atoms with E-state index in [1.165, 1.54) is 11.3 Å². The first kappa shape index (κ1) is 20.6. The fraction of sp³-hybridized carbons (Fsp3) is 0.263. The van der Waals surface area contributed by atoms with Gasteiger partial charge >= 0.3 is 0 Å². The third-order valence-corrected chi connectivity index (χ3v) is 6.14. The summed E-state index contributed by atoms with van der Waals surface area (Å²) in [7, 11) is 0. The zero-order valence-electron chi connectivity index (χ0n) is 15.1. The molecular formula is C19H18ClN3O3S2. The van der Waals surface area contributed by atoms with E-state index in [1.54, 1.807) is 30.3 Å². The van der Waals surface area contributed by atoms with Gasteiger partial charge in [0.05, 0.1) is 22.0 Å². The van der Waals surface area contributed by atoms with Crippen LogP contribution < -0.4 is 5.32 Å². The summed E-state index contributed by atoms with van der Waals surface area (Å²) in [6.45, 7) is 2.35. The zero-order chi connectivity index (χ0) is 20.1. The highest BCUT2D eigenvalue weighted by Gasteiger charge is 2.34. The number of thiazole rings is 1. The second-order valence-electron chi connectivity index (χ2n) is 6.00. The average Bonchev–Trinajstić information content (AvgIpc) is 3.23. The lowest BCUT2D eigenvalue weighted by Crippen LogP contribution is -2.37. The summed E-state index contributed by atoms with van der Waals surface area (Å²) in [5, 5.41) is 5.86. The monoisotopic (exact) mass is 435 g/mol.